The molecule has 0 bridgehead atoms. The van der Waals surface area contributed by atoms with Gasteiger partial charge in [-0.3, -0.25) is 0 Å². The van der Waals surface area contributed by atoms with Crippen LogP contribution in [0.15, 0.2) is 23.2 Å². The zero-order valence-corrected chi connectivity index (χ0v) is 16.6. The maximum absolute atomic E-state index is 12.6. The summed E-state index contributed by atoms with van der Waals surface area (Å²) in [6.45, 7) is 5.19. The minimum Gasteiger partial charge on any atom is -0.493 e. The van der Waals surface area contributed by atoms with E-state index >= 15 is 0 Å². The van der Waals surface area contributed by atoms with Crippen molar-refractivity contribution in [3.8, 4) is 11.5 Å². The first-order chi connectivity index (χ1) is 11.1. The first-order valence-corrected chi connectivity index (χ1v) is 7.83. The van der Waals surface area contributed by atoms with Crippen molar-refractivity contribution in [3.63, 3.8) is 0 Å². The average molecular weight is 457 g/mol. The predicted molar refractivity (Wildman–Crippen MR) is 103 cm³/mol. The number of nitrogens with zero attached hydrogens (tertiary/aromatic N) is 1. The molecule has 0 aliphatic carbocycles. The number of hydrogen-bond acceptors (Lipinski definition) is 3. The molecule has 0 atom stereocenters. The van der Waals surface area contributed by atoms with Crippen molar-refractivity contribution in [2.24, 2.45) is 4.99 Å². The van der Waals surface area contributed by atoms with Crippen LogP contribution in [0.2, 0.25) is 0 Å². The van der Waals surface area contributed by atoms with Gasteiger partial charge in [0, 0.05) is 24.7 Å². The molecule has 0 radical (unpaired) electrons. The summed E-state index contributed by atoms with van der Waals surface area (Å²) in [6.07, 6.45) is 0.839. The number of ether oxygens (including phenoxy) is 2. The lowest BCUT2D eigenvalue weighted by Gasteiger charge is -2.13. The van der Waals surface area contributed by atoms with Gasteiger partial charge < -0.3 is 20.1 Å². The Bertz CT molecular complexity index is 494. The number of nitrogens with one attached hydrogen (secondary N) is 2. The Balaban J connectivity index is 0.00000529. The van der Waals surface area contributed by atoms with E-state index < -0.39 is 6.61 Å². The number of alkyl halides is 2. The van der Waals surface area contributed by atoms with Gasteiger partial charge in [-0.25, -0.2) is 4.99 Å². The molecule has 1 rings (SSSR count). The molecule has 24 heavy (non-hydrogen) atoms. The molecule has 0 saturated carbocycles. The van der Waals surface area contributed by atoms with Gasteiger partial charge in [0.2, 0.25) is 0 Å². The first-order valence-electron chi connectivity index (χ1n) is 7.83. The van der Waals surface area contributed by atoms with Crippen LogP contribution >= 0.6 is 24.0 Å². The smallest absolute Gasteiger partial charge is 0.387 e. The lowest BCUT2D eigenvalue weighted by Crippen LogP contribution is -2.36. The van der Waals surface area contributed by atoms with Crippen molar-refractivity contribution in [3.05, 3.63) is 23.8 Å². The van der Waals surface area contributed by atoms with E-state index in [1.807, 2.05) is 20.8 Å². The molecule has 8 heteroatoms. The first kappa shape index (κ1) is 22.7. The summed E-state index contributed by atoms with van der Waals surface area (Å²) in [6, 6.07) is 4.91. The van der Waals surface area contributed by atoms with Gasteiger partial charge in [0.25, 0.3) is 0 Å². The molecule has 0 fully saturated rings. The molecule has 1 aromatic carbocycles. The monoisotopic (exact) mass is 457 g/mol. The molecule has 0 heterocycles. The van der Waals surface area contributed by atoms with Gasteiger partial charge in [-0.2, -0.15) is 8.78 Å². The molecule has 0 unspecified atom stereocenters. The van der Waals surface area contributed by atoms with E-state index in [0.29, 0.717) is 23.9 Å². The third kappa shape index (κ3) is 8.51. The Morgan fingerprint density at radius 2 is 1.83 bits per heavy atom. The molecular formula is C16H26F2IN3O2. The topological polar surface area (TPSA) is 54.9 Å². The second-order valence-electron chi connectivity index (χ2n) is 4.72. The van der Waals surface area contributed by atoms with Crippen LogP contribution in [0.25, 0.3) is 0 Å². The fraction of sp³-hybridized carbons (Fsp3) is 0.562. The normalized spacial score (nSPS) is 9.92. The van der Waals surface area contributed by atoms with Crippen LogP contribution in [0.5, 0.6) is 11.5 Å². The highest BCUT2D eigenvalue weighted by molar-refractivity contribution is 14.0. The van der Waals surface area contributed by atoms with Crippen LogP contribution < -0.4 is 20.1 Å². The second kappa shape index (κ2) is 13.0. The van der Waals surface area contributed by atoms with Crippen molar-refractivity contribution in [2.75, 3.05) is 19.7 Å². The Kier molecular flexibility index (Phi) is 12.3. The maximum atomic E-state index is 12.6. The number of rotatable bonds is 9. The van der Waals surface area contributed by atoms with Gasteiger partial charge in [-0.1, -0.05) is 6.92 Å². The lowest BCUT2D eigenvalue weighted by atomic mass is 10.2. The van der Waals surface area contributed by atoms with Crippen LogP contribution in [0.4, 0.5) is 8.78 Å². The highest BCUT2D eigenvalue weighted by atomic mass is 127. The Morgan fingerprint density at radius 3 is 2.38 bits per heavy atom. The van der Waals surface area contributed by atoms with Gasteiger partial charge in [0.1, 0.15) is 11.5 Å². The fourth-order valence-corrected chi connectivity index (χ4v) is 1.85. The fourth-order valence-electron chi connectivity index (χ4n) is 1.85. The predicted octanol–water partition coefficient (Wildman–Crippen LogP) is 3.77. The third-order valence-electron chi connectivity index (χ3n) is 2.82. The van der Waals surface area contributed by atoms with Gasteiger partial charge in [0.05, 0.1) is 13.2 Å². The van der Waals surface area contributed by atoms with Crippen molar-refractivity contribution < 1.29 is 18.3 Å². The van der Waals surface area contributed by atoms with Crippen molar-refractivity contribution in [1.82, 2.24) is 10.6 Å². The molecule has 0 aliphatic rings. The summed E-state index contributed by atoms with van der Waals surface area (Å²) in [5, 5.41) is 6.16. The molecule has 0 aliphatic heterocycles. The van der Waals surface area contributed by atoms with E-state index in [4.69, 9.17) is 4.74 Å². The molecule has 0 spiro atoms. The number of aliphatic imine (C=N–C) groups is 1. The van der Waals surface area contributed by atoms with Crippen molar-refractivity contribution in [2.45, 2.75) is 40.3 Å². The van der Waals surface area contributed by atoms with Crippen LogP contribution in [0, 0.1) is 0 Å². The minimum atomic E-state index is -2.89. The molecule has 0 amide bonds. The van der Waals surface area contributed by atoms with E-state index in [-0.39, 0.29) is 36.3 Å². The standard InChI is InChI=1S/C16H25F2N3O2.HI/c1-4-9-22-13-8-7-12(14(10-13)23-15(17)18)11-21-16(19-5-2)20-6-3;/h7-8,10,15H,4-6,9,11H2,1-3H3,(H2,19,20,21);1H. The van der Waals surface area contributed by atoms with E-state index in [1.165, 1.54) is 6.07 Å². The summed E-state index contributed by atoms with van der Waals surface area (Å²) in [5.41, 5.74) is 0.572. The van der Waals surface area contributed by atoms with Gasteiger partial charge in [-0.15, -0.1) is 24.0 Å². The van der Waals surface area contributed by atoms with Crippen LogP contribution in [0.3, 0.4) is 0 Å². The van der Waals surface area contributed by atoms with Crippen molar-refractivity contribution in [1.29, 1.82) is 0 Å². The van der Waals surface area contributed by atoms with Gasteiger partial charge >= 0.3 is 6.61 Å². The Hall–Kier alpha value is -1.32. The molecule has 138 valence electrons. The number of benzene rings is 1. The van der Waals surface area contributed by atoms with E-state index in [1.54, 1.807) is 12.1 Å². The molecular weight excluding hydrogens is 431 g/mol. The van der Waals surface area contributed by atoms with Crippen LogP contribution in [-0.4, -0.2) is 32.3 Å². The quantitative estimate of drug-likeness (QED) is 0.337. The van der Waals surface area contributed by atoms with Crippen LogP contribution in [0.1, 0.15) is 32.8 Å². The summed E-state index contributed by atoms with van der Waals surface area (Å²) < 4.78 is 35.2. The maximum Gasteiger partial charge on any atom is 0.387 e. The summed E-state index contributed by atoms with van der Waals surface area (Å²) in [5.74, 6) is 1.22. The van der Waals surface area contributed by atoms with Crippen LogP contribution in [-0.2, 0) is 6.54 Å². The second-order valence-corrected chi connectivity index (χ2v) is 4.72. The summed E-state index contributed by atoms with van der Waals surface area (Å²) in [4.78, 5) is 4.36. The molecule has 0 saturated heterocycles. The summed E-state index contributed by atoms with van der Waals surface area (Å²) in [7, 11) is 0. The molecule has 1 aromatic rings. The average Bonchev–Trinajstić information content (AvgIpc) is 2.51. The zero-order chi connectivity index (χ0) is 17.1. The number of halogens is 3. The van der Waals surface area contributed by atoms with E-state index in [0.717, 1.165) is 19.5 Å². The number of guanidine groups is 1. The SMILES string of the molecule is CCCOc1ccc(CN=C(NCC)NCC)c(OC(F)F)c1.I. The zero-order valence-electron chi connectivity index (χ0n) is 14.3. The highest BCUT2D eigenvalue weighted by Crippen LogP contribution is 2.27. The van der Waals surface area contributed by atoms with Gasteiger partial charge in [-0.05, 0) is 32.4 Å². The number of hydrogen-bond donors (Lipinski definition) is 2. The summed E-state index contributed by atoms with van der Waals surface area (Å²) >= 11 is 0. The minimum absolute atomic E-state index is 0. The third-order valence-corrected chi connectivity index (χ3v) is 2.82. The Morgan fingerprint density at radius 1 is 1.17 bits per heavy atom. The highest BCUT2D eigenvalue weighted by Gasteiger charge is 2.11. The van der Waals surface area contributed by atoms with Gasteiger partial charge in [0.15, 0.2) is 5.96 Å². The largest absolute Gasteiger partial charge is 0.493 e. The molecule has 0 aromatic heterocycles. The van der Waals surface area contributed by atoms with Crippen molar-refractivity contribution >= 4 is 29.9 Å². The van der Waals surface area contributed by atoms with E-state index in [9.17, 15) is 8.78 Å². The van der Waals surface area contributed by atoms with E-state index in [2.05, 4.69) is 20.4 Å². The Labute approximate surface area is 159 Å². The lowest BCUT2D eigenvalue weighted by molar-refractivity contribution is -0.0505. The molecule has 5 nitrogen and oxygen atoms in total. The molecule has 2 N–H and O–H groups in total.